The van der Waals surface area contributed by atoms with E-state index in [-0.39, 0.29) is 21.3 Å². The fourth-order valence-corrected chi connectivity index (χ4v) is 5.80. The first kappa shape index (κ1) is 18.9. The molecule has 0 spiro atoms. The molecule has 0 radical (unpaired) electrons. The van der Waals surface area contributed by atoms with Crippen molar-refractivity contribution >= 4 is 38.4 Å². The summed E-state index contributed by atoms with van der Waals surface area (Å²) in [5.41, 5.74) is 0.484. The molecule has 144 valence electrons. The molecule has 2 aromatic carbocycles. The van der Waals surface area contributed by atoms with Crippen LogP contribution in [0.25, 0.3) is 10.9 Å². The van der Waals surface area contributed by atoms with E-state index in [4.69, 9.17) is 0 Å². The SMILES string of the molecule is O=C(c1cnc2ccccc2c1S(=O)(=O)c1cccc(F)c1)N1CCSCC1. The minimum absolute atomic E-state index is 0.0230. The lowest BCUT2D eigenvalue weighted by atomic mass is 10.1. The van der Waals surface area contributed by atoms with E-state index in [1.165, 1.54) is 24.4 Å². The third-order valence-electron chi connectivity index (χ3n) is 4.63. The highest BCUT2D eigenvalue weighted by Gasteiger charge is 2.30. The Labute approximate surface area is 166 Å². The van der Waals surface area contributed by atoms with Gasteiger partial charge in [0.05, 0.1) is 20.9 Å². The molecule has 1 aliphatic rings. The first-order valence-corrected chi connectivity index (χ1v) is 11.4. The van der Waals surface area contributed by atoms with Gasteiger partial charge in [-0.05, 0) is 24.3 Å². The van der Waals surface area contributed by atoms with E-state index >= 15 is 0 Å². The standard InChI is InChI=1S/C20H17FN2O3S2/c21-14-4-3-5-15(12-14)28(25,26)19-16-6-1-2-7-18(16)22-13-17(19)20(24)23-8-10-27-11-9-23/h1-7,12-13H,8-11H2. The Morgan fingerprint density at radius 3 is 2.57 bits per heavy atom. The average Bonchev–Trinajstić information content (AvgIpc) is 2.73. The number of hydrogen-bond donors (Lipinski definition) is 0. The zero-order valence-electron chi connectivity index (χ0n) is 14.8. The number of thioether (sulfide) groups is 1. The van der Waals surface area contributed by atoms with Gasteiger partial charge < -0.3 is 4.90 Å². The van der Waals surface area contributed by atoms with Crippen molar-refractivity contribution in [2.75, 3.05) is 24.6 Å². The second-order valence-corrected chi connectivity index (χ2v) is 9.49. The maximum absolute atomic E-state index is 13.7. The summed E-state index contributed by atoms with van der Waals surface area (Å²) in [6.45, 7) is 1.10. The molecule has 1 amide bonds. The molecule has 0 saturated carbocycles. The molecule has 0 unspecified atom stereocenters. The van der Waals surface area contributed by atoms with E-state index in [1.807, 2.05) is 0 Å². The van der Waals surface area contributed by atoms with Crippen molar-refractivity contribution in [1.82, 2.24) is 9.88 Å². The van der Waals surface area contributed by atoms with Crippen LogP contribution in [0.1, 0.15) is 10.4 Å². The predicted octanol–water partition coefficient (Wildman–Crippen LogP) is 3.40. The molecule has 5 nitrogen and oxygen atoms in total. The topological polar surface area (TPSA) is 67.3 Å². The minimum atomic E-state index is -4.14. The molecule has 0 aliphatic carbocycles. The minimum Gasteiger partial charge on any atom is -0.337 e. The van der Waals surface area contributed by atoms with Crippen LogP contribution in [0.4, 0.5) is 4.39 Å². The van der Waals surface area contributed by atoms with E-state index in [0.29, 0.717) is 24.0 Å². The smallest absolute Gasteiger partial charge is 0.256 e. The molecule has 1 aliphatic heterocycles. The van der Waals surface area contributed by atoms with Crippen molar-refractivity contribution in [3.05, 3.63) is 66.1 Å². The highest BCUT2D eigenvalue weighted by Crippen LogP contribution is 2.32. The molecule has 1 saturated heterocycles. The molecule has 1 fully saturated rings. The number of nitrogens with zero attached hydrogens (tertiary/aromatic N) is 2. The summed E-state index contributed by atoms with van der Waals surface area (Å²) in [4.78, 5) is 18.8. The summed E-state index contributed by atoms with van der Waals surface area (Å²) in [7, 11) is -4.14. The van der Waals surface area contributed by atoms with E-state index in [0.717, 1.165) is 17.6 Å². The number of halogens is 1. The Kier molecular flexibility index (Phi) is 5.07. The van der Waals surface area contributed by atoms with Gasteiger partial charge in [-0.25, -0.2) is 12.8 Å². The molecule has 0 bridgehead atoms. The van der Waals surface area contributed by atoms with Gasteiger partial charge in [0.1, 0.15) is 5.82 Å². The predicted molar refractivity (Wildman–Crippen MR) is 107 cm³/mol. The van der Waals surface area contributed by atoms with Crippen molar-refractivity contribution in [3.8, 4) is 0 Å². The summed E-state index contributed by atoms with van der Waals surface area (Å²) < 4.78 is 40.6. The number of para-hydroxylation sites is 1. The second-order valence-electron chi connectivity index (χ2n) is 6.38. The third-order valence-corrected chi connectivity index (χ3v) is 7.42. The fourth-order valence-electron chi connectivity index (χ4n) is 3.25. The highest BCUT2D eigenvalue weighted by atomic mass is 32.2. The second kappa shape index (κ2) is 7.52. The molecule has 0 N–H and O–H groups in total. The van der Waals surface area contributed by atoms with Crippen molar-refractivity contribution in [2.24, 2.45) is 0 Å². The van der Waals surface area contributed by atoms with E-state index in [9.17, 15) is 17.6 Å². The van der Waals surface area contributed by atoms with Crippen molar-refractivity contribution < 1.29 is 17.6 Å². The molecular weight excluding hydrogens is 399 g/mol. The lowest BCUT2D eigenvalue weighted by molar-refractivity contribution is 0.0768. The molecule has 8 heteroatoms. The number of aromatic nitrogens is 1. The van der Waals surface area contributed by atoms with Gasteiger partial charge in [-0.3, -0.25) is 9.78 Å². The van der Waals surface area contributed by atoms with Crippen molar-refractivity contribution in [1.29, 1.82) is 0 Å². The van der Waals surface area contributed by atoms with Gasteiger partial charge in [0.2, 0.25) is 9.84 Å². The summed E-state index contributed by atoms with van der Waals surface area (Å²) >= 11 is 1.75. The van der Waals surface area contributed by atoms with Crippen LogP contribution in [0.2, 0.25) is 0 Å². The largest absolute Gasteiger partial charge is 0.337 e. The molecule has 0 atom stereocenters. The number of hydrogen-bond acceptors (Lipinski definition) is 5. The van der Waals surface area contributed by atoms with E-state index in [2.05, 4.69) is 4.98 Å². The van der Waals surface area contributed by atoms with Crippen molar-refractivity contribution in [3.63, 3.8) is 0 Å². The molecule has 3 aromatic rings. The Balaban J connectivity index is 1.96. The Morgan fingerprint density at radius 2 is 1.82 bits per heavy atom. The first-order chi connectivity index (χ1) is 13.5. The zero-order chi connectivity index (χ0) is 19.7. The summed E-state index contributed by atoms with van der Waals surface area (Å²) in [5.74, 6) is 0.589. The normalized spacial score (nSPS) is 15.0. The molecular formula is C20H17FN2O3S2. The first-order valence-electron chi connectivity index (χ1n) is 8.74. The Morgan fingerprint density at radius 1 is 1.07 bits per heavy atom. The molecule has 1 aromatic heterocycles. The fraction of sp³-hybridized carbons (Fsp3) is 0.200. The number of fused-ring (bicyclic) bond motifs is 1. The Hall–Kier alpha value is -2.45. The van der Waals surface area contributed by atoms with Crippen LogP contribution in [-0.2, 0) is 9.84 Å². The van der Waals surface area contributed by atoms with Crippen LogP contribution in [0.15, 0.2) is 64.5 Å². The number of sulfone groups is 1. The average molecular weight is 416 g/mol. The number of rotatable bonds is 3. The lowest BCUT2D eigenvalue weighted by Crippen LogP contribution is -2.38. The van der Waals surface area contributed by atoms with Gasteiger partial charge in [-0.1, -0.05) is 24.3 Å². The summed E-state index contributed by atoms with van der Waals surface area (Å²) in [6, 6.07) is 11.6. The van der Waals surface area contributed by atoms with E-state index in [1.54, 1.807) is 40.9 Å². The zero-order valence-corrected chi connectivity index (χ0v) is 16.5. The number of amides is 1. The van der Waals surface area contributed by atoms with Gasteiger partial charge in [0, 0.05) is 36.2 Å². The van der Waals surface area contributed by atoms with Gasteiger partial charge in [-0.2, -0.15) is 11.8 Å². The lowest BCUT2D eigenvalue weighted by Gasteiger charge is -2.27. The Bertz CT molecular complexity index is 1160. The quantitative estimate of drug-likeness (QED) is 0.655. The van der Waals surface area contributed by atoms with Crippen molar-refractivity contribution in [2.45, 2.75) is 9.79 Å². The summed E-state index contributed by atoms with van der Waals surface area (Å²) in [6.07, 6.45) is 1.32. The number of carbonyl (C=O) groups excluding carboxylic acids is 1. The maximum atomic E-state index is 13.7. The van der Waals surface area contributed by atoms with Gasteiger partial charge in [-0.15, -0.1) is 0 Å². The molecule has 2 heterocycles. The number of carbonyl (C=O) groups is 1. The van der Waals surface area contributed by atoms with Crippen LogP contribution in [0.3, 0.4) is 0 Å². The number of pyridine rings is 1. The number of benzene rings is 2. The monoisotopic (exact) mass is 416 g/mol. The van der Waals surface area contributed by atoms with Crippen LogP contribution in [-0.4, -0.2) is 48.8 Å². The van der Waals surface area contributed by atoms with Gasteiger partial charge in [0.25, 0.3) is 5.91 Å². The van der Waals surface area contributed by atoms with Crippen LogP contribution >= 0.6 is 11.8 Å². The van der Waals surface area contributed by atoms with Crippen LogP contribution in [0.5, 0.6) is 0 Å². The molecule has 28 heavy (non-hydrogen) atoms. The van der Waals surface area contributed by atoms with Gasteiger partial charge in [0.15, 0.2) is 0 Å². The van der Waals surface area contributed by atoms with E-state index < -0.39 is 15.7 Å². The third kappa shape index (κ3) is 3.38. The van der Waals surface area contributed by atoms with Crippen LogP contribution in [0, 0.1) is 5.82 Å². The van der Waals surface area contributed by atoms with Gasteiger partial charge >= 0.3 is 0 Å². The highest BCUT2D eigenvalue weighted by molar-refractivity contribution is 7.99. The molecule has 4 rings (SSSR count). The van der Waals surface area contributed by atoms with Crippen LogP contribution < -0.4 is 0 Å². The maximum Gasteiger partial charge on any atom is 0.256 e. The summed E-state index contributed by atoms with van der Waals surface area (Å²) in [5, 5.41) is 0.351.